The molecule has 4 heteroatoms. The van der Waals surface area contributed by atoms with Gasteiger partial charge in [-0.3, -0.25) is 0 Å². The van der Waals surface area contributed by atoms with Crippen molar-refractivity contribution in [1.29, 1.82) is 0 Å². The van der Waals surface area contributed by atoms with Crippen molar-refractivity contribution in [2.45, 2.75) is 78.6 Å². The third kappa shape index (κ3) is 6.54. The maximum Gasteiger partial charge on any atom is 0.530 e. The van der Waals surface area contributed by atoms with Crippen molar-refractivity contribution >= 4 is 8.60 Å². The van der Waals surface area contributed by atoms with Gasteiger partial charge in [-0.15, -0.1) is 0 Å². The molecule has 0 aliphatic rings. The minimum absolute atomic E-state index is 0.382. The first-order chi connectivity index (χ1) is 16.5. The molecule has 0 heterocycles. The summed E-state index contributed by atoms with van der Waals surface area (Å²) >= 11 is 0. The van der Waals surface area contributed by atoms with E-state index in [-0.39, 0.29) is 0 Å². The fourth-order valence-corrected chi connectivity index (χ4v) is 4.96. The van der Waals surface area contributed by atoms with E-state index in [1.54, 1.807) is 0 Å². The maximum absolute atomic E-state index is 6.53. The molecule has 0 aromatic heterocycles. The van der Waals surface area contributed by atoms with Gasteiger partial charge in [0.05, 0.1) is 0 Å². The van der Waals surface area contributed by atoms with Crippen molar-refractivity contribution in [2.24, 2.45) is 0 Å². The molecule has 0 aliphatic heterocycles. The first-order valence-electron chi connectivity index (χ1n) is 12.6. The third-order valence-corrected chi connectivity index (χ3v) is 7.74. The van der Waals surface area contributed by atoms with Crippen molar-refractivity contribution in [2.75, 3.05) is 0 Å². The van der Waals surface area contributed by atoms with Gasteiger partial charge in [-0.05, 0) is 71.9 Å². The Kier molecular flexibility index (Phi) is 9.84. The fourth-order valence-electron chi connectivity index (χ4n) is 3.87. The van der Waals surface area contributed by atoms with Crippen LogP contribution in [0, 0.1) is 0 Å². The number of hydrogen-bond donors (Lipinski definition) is 0. The SMILES string of the molecule is CCC(C)c1ccccc1OP(Oc1ccccc1C(C)CC)Oc1ccccc1C(C)CC. The van der Waals surface area contributed by atoms with E-state index in [1.807, 2.05) is 36.4 Å². The Bertz CT molecular complexity index is 903. The summed E-state index contributed by atoms with van der Waals surface area (Å²) in [6.07, 6.45) is 3.11. The quantitative estimate of drug-likeness (QED) is 0.242. The molecule has 0 amide bonds. The molecule has 0 N–H and O–H groups in total. The van der Waals surface area contributed by atoms with Crippen LogP contribution in [0.4, 0.5) is 0 Å². The third-order valence-electron chi connectivity index (χ3n) is 6.71. The summed E-state index contributed by atoms with van der Waals surface area (Å²) in [6, 6.07) is 24.7. The van der Waals surface area contributed by atoms with E-state index in [0.29, 0.717) is 17.8 Å². The van der Waals surface area contributed by atoms with Crippen LogP contribution in [0.2, 0.25) is 0 Å². The molecule has 0 aliphatic carbocycles. The molecule has 0 spiro atoms. The molecule has 0 saturated carbocycles. The van der Waals surface area contributed by atoms with Gasteiger partial charge >= 0.3 is 8.60 Å². The van der Waals surface area contributed by atoms with Crippen LogP contribution in [0.1, 0.15) is 95.2 Å². The Morgan fingerprint density at radius 1 is 0.500 bits per heavy atom. The van der Waals surface area contributed by atoms with Gasteiger partial charge in [0.15, 0.2) is 0 Å². The summed E-state index contributed by atoms with van der Waals surface area (Å²) in [5.74, 6) is 3.62. The Morgan fingerprint density at radius 3 is 1.03 bits per heavy atom. The largest absolute Gasteiger partial charge is 0.530 e. The molecule has 3 atom stereocenters. The molecule has 182 valence electrons. The van der Waals surface area contributed by atoms with Gasteiger partial charge in [-0.2, -0.15) is 0 Å². The van der Waals surface area contributed by atoms with Gasteiger partial charge < -0.3 is 13.6 Å². The average Bonchev–Trinajstić information content (AvgIpc) is 2.88. The van der Waals surface area contributed by atoms with Crippen LogP contribution in [-0.2, 0) is 0 Å². The summed E-state index contributed by atoms with van der Waals surface area (Å²) in [4.78, 5) is 0. The summed E-state index contributed by atoms with van der Waals surface area (Å²) in [6.45, 7) is 13.3. The normalized spacial score (nSPS) is 14.6. The van der Waals surface area contributed by atoms with Gasteiger partial charge in [0, 0.05) is 0 Å². The van der Waals surface area contributed by atoms with E-state index in [0.717, 1.165) is 36.5 Å². The first kappa shape index (κ1) is 26.1. The van der Waals surface area contributed by atoms with E-state index in [9.17, 15) is 0 Å². The minimum Gasteiger partial charge on any atom is -0.408 e. The van der Waals surface area contributed by atoms with Crippen molar-refractivity contribution in [3.8, 4) is 17.2 Å². The fraction of sp³-hybridized carbons (Fsp3) is 0.400. The smallest absolute Gasteiger partial charge is 0.408 e. The van der Waals surface area contributed by atoms with Crippen molar-refractivity contribution in [3.05, 3.63) is 89.5 Å². The van der Waals surface area contributed by atoms with E-state index in [2.05, 4.69) is 77.9 Å². The highest BCUT2D eigenvalue weighted by atomic mass is 31.2. The zero-order valence-corrected chi connectivity index (χ0v) is 22.3. The number of hydrogen-bond acceptors (Lipinski definition) is 3. The van der Waals surface area contributed by atoms with Crippen LogP contribution in [-0.4, -0.2) is 0 Å². The van der Waals surface area contributed by atoms with Crippen LogP contribution >= 0.6 is 8.60 Å². The Labute approximate surface area is 207 Å². The van der Waals surface area contributed by atoms with Crippen LogP contribution in [0.5, 0.6) is 17.2 Å². The molecule has 3 unspecified atom stereocenters. The lowest BCUT2D eigenvalue weighted by molar-refractivity contribution is 0.379. The zero-order valence-electron chi connectivity index (χ0n) is 21.5. The second kappa shape index (κ2) is 12.8. The van der Waals surface area contributed by atoms with Gasteiger partial charge in [0.1, 0.15) is 17.2 Å². The Balaban J connectivity index is 1.99. The molecule has 3 aromatic carbocycles. The van der Waals surface area contributed by atoms with E-state index in [1.165, 1.54) is 16.7 Å². The van der Waals surface area contributed by atoms with Crippen LogP contribution in [0.25, 0.3) is 0 Å². The molecular formula is C30H39O3P. The maximum atomic E-state index is 6.53. The van der Waals surface area contributed by atoms with Crippen LogP contribution in [0.15, 0.2) is 72.8 Å². The highest BCUT2D eigenvalue weighted by Gasteiger charge is 2.26. The second-order valence-electron chi connectivity index (χ2n) is 9.04. The molecule has 34 heavy (non-hydrogen) atoms. The van der Waals surface area contributed by atoms with Crippen LogP contribution < -0.4 is 13.6 Å². The summed E-state index contributed by atoms with van der Waals surface area (Å²) < 4.78 is 19.6. The predicted molar refractivity (Wildman–Crippen MR) is 144 cm³/mol. The van der Waals surface area contributed by atoms with Gasteiger partial charge in [-0.1, -0.05) is 96.1 Å². The van der Waals surface area contributed by atoms with Crippen molar-refractivity contribution in [3.63, 3.8) is 0 Å². The average molecular weight is 479 g/mol. The number of rotatable bonds is 12. The molecule has 0 bridgehead atoms. The molecule has 3 rings (SSSR count). The lowest BCUT2D eigenvalue weighted by atomic mass is 9.98. The predicted octanol–water partition coefficient (Wildman–Crippen LogP) is 9.99. The number of para-hydroxylation sites is 3. The molecule has 3 nitrogen and oxygen atoms in total. The van der Waals surface area contributed by atoms with Gasteiger partial charge in [0.2, 0.25) is 0 Å². The van der Waals surface area contributed by atoms with Gasteiger partial charge in [-0.25, -0.2) is 0 Å². The molecule has 0 radical (unpaired) electrons. The highest BCUT2D eigenvalue weighted by molar-refractivity contribution is 7.43. The zero-order chi connectivity index (χ0) is 24.5. The van der Waals surface area contributed by atoms with E-state index in [4.69, 9.17) is 13.6 Å². The van der Waals surface area contributed by atoms with Crippen molar-refractivity contribution in [1.82, 2.24) is 0 Å². The number of benzene rings is 3. The summed E-state index contributed by atoms with van der Waals surface area (Å²) in [7, 11) is -1.73. The molecular weight excluding hydrogens is 439 g/mol. The highest BCUT2D eigenvalue weighted by Crippen LogP contribution is 2.47. The Morgan fingerprint density at radius 2 is 0.765 bits per heavy atom. The minimum atomic E-state index is -1.73. The van der Waals surface area contributed by atoms with Gasteiger partial charge in [0.25, 0.3) is 0 Å². The van der Waals surface area contributed by atoms with Crippen LogP contribution in [0.3, 0.4) is 0 Å². The summed E-state index contributed by atoms with van der Waals surface area (Å²) in [5, 5.41) is 0. The summed E-state index contributed by atoms with van der Waals surface area (Å²) in [5.41, 5.74) is 3.53. The second-order valence-corrected chi connectivity index (χ2v) is 10.0. The molecule has 3 aromatic rings. The lowest BCUT2D eigenvalue weighted by Crippen LogP contribution is -2.08. The standard InChI is InChI=1S/C30H39O3P/c1-7-22(4)25-16-10-13-19-28(25)31-34(32-29-20-14-11-17-26(29)23(5)8-2)33-30-21-15-12-18-27(30)24(6)9-3/h10-24H,7-9H2,1-6H3. The molecule has 0 saturated heterocycles. The lowest BCUT2D eigenvalue weighted by Gasteiger charge is -2.24. The molecule has 0 fully saturated rings. The van der Waals surface area contributed by atoms with Crippen molar-refractivity contribution < 1.29 is 13.6 Å². The topological polar surface area (TPSA) is 27.7 Å². The van der Waals surface area contributed by atoms with E-state index < -0.39 is 8.60 Å². The van der Waals surface area contributed by atoms with E-state index >= 15 is 0 Å². The first-order valence-corrected chi connectivity index (χ1v) is 13.7. The monoisotopic (exact) mass is 478 g/mol. The Hall–Kier alpha value is -2.51.